The highest BCUT2D eigenvalue weighted by Gasteiger charge is 2.25. The Kier molecular flexibility index (Phi) is 4.74. The van der Waals surface area contributed by atoms with Crippen LogP contribution in [0.2, 0.25) is 5.02 Å². The van der Waals surface area contributed by atoms with Crippen LogP contribution in [0, 0.1) is 0 Å². The number of hydrogen-bond donors (Lipinski definition) is 4. The molecule has 0 spiro atoms. The van der Waals surface area contributed by atoms with Crippen molar-refractivity contribution in [3.63, 3.8) is 0 Å². The number of phenols is 1. The third-order valence-electron chi connectivity index (χ3n) is 2.36. The molecule has 19 heavy (non-hydrogen) atoms. The number of halogens is 1. The Morgan fingerprint density at radius 2 is 2.05 bits per heavy atom. The summed E-state index contributed by atoms with van der Waals surface area (Å²) in [6.45, 7) is 1.05. The molecule has 0 saturated carbocycles. The molecular formula is C12H14ClNO5. The number of phenolic OH excluding ortho intramolecular Hbond substituents is 1. The summed E-state index contributed by atoms with van der Waals surface area (Å²) in [5.74, 6) is -1.90. The van der Waals surface area contributed by atoms with E-state index in [2.05, 4.69) is 5.32 Å². The average Bonchev–Trinajstić information content (AvgIpc) is 2.27. The van der Waals surface area contributed by atoms with Gasteiger partial charge in [-0.05, 0) is 25.1 Å². The molecular weight excluding hydrogens is 274 g/mol. The Morgan fingerprint density at radius 1 is 1.42 bits per heavy atom. The van der Waals surface area contributed by atoms with E-state index >= 15 is 0 Å². The zero-order valence-electron chi connectivity index (χ0n) is 10.2. The van der Waals surface area contributed by atoms with Gasteiger partial charge in [0.25, 0.3) is 5.91 Å². The van der Waals surface area contributed by atoms with Crippen LogP contribution in [-0.2, 0) is 4.79 Å². The minimum absolute atomic E-state index is 0.0489. The van der Waals surface area contributed by atoms with Gasteiger partial charge in [0.15, 0.2) is 0 Å². The molecule has 7 heteroatoms. The highest BCUT2D eigenvalue weighted by Crippen LogP contribution is 2.21. The summed E-state index contributed by atoms with van der Waals surface area (Å²) in [5.41, 5.74) is -1.52. The lowest BCUT2D eigenvalue weighted by molar-refractivity contribution is -0.141. The number of carboxylic acid groups (broad SMARTS) is 1. The molecule has 1 rings (SSSR count). The fraction of sp³-hybridized carbons (Fsp3) is 0.333. The molecule has 1 amide bonds. The van der Waals surface area contributed by atoms with Gasteiger partial charge < -0.3 is 20.6 Å². The maximum atomic E-state index is 11.8. The molecule has 0 aliphatic carbocycles. The third-order valence-corrected chi connectivity index (χ3v) is 2.69. The van der Waals surface area contributed by atoms with Crippen molar-refractivity contribution in [1.29, 1.82) is 0 Å². The summed E-state index contributed by atoms with van der Waals surface area (Å²) < 4.78 is 0. The molecule has 0 saturated heterocycles. The van der Waals surface area contributed by atoms with Crippen molar-refractivity contribution in [2.24, 2.45) is 0 Å². The molecule has 0 aliphatic heterocycles. The molecule has 0 radical (unpaired) electrons. The first-order valence-electron chi connectivity index (χ1n) is 5.42. The first kappa shape index (κ1) is 15.3. The van der Waals surface area contributed by atoms with Crippen molar-refractivity contribution in [2.45, 2.75) is 18.9 Å². The van der Waals surface area contributed by atoms with Gasteiger partial charge in [-0.1, -0.05) is 11.6 Å². The van der Waals surface area contributed by atoms with E-state index in [1.54, 1.807) is 0 Å². The highest BCUT2D eigenvalue weighted by molar-refractivity contribution is 6.33. The Bertz CT molecular complexity index is 501. The molecule has 0 aliphatic rings. The van der Waals surface area contributed by atoms with Gasteiger partial charge in [-0.15, -0.1) is 0 Å². The van der Waals surface area contributed by atoms with E-state index in [0.717, 1.165) is 0 Å². The number of rotatable bonds is 5. The molecule has 0 fully saturated rings. The largest absolute Gasteiger partial charge is 0.508 e. The Balaban J connectivity index is 2.70. The predicted octanol–water partition coefficient (Wildman–Crippen LogP) is 1.00. The monoisotopic (exact) mass is 287 g/mol. The van der Waals surface area contributed by atoms with Crippen molar-refractivity contribution in [2.75, 3.05) is 6.54 Å². The van der Waals surface area contributed by atoms with Gasteiger partial charge in [0.2, 0.25) is 0 Å². The second-order valence-corrected chi connectivity index (χ2v) is 4.82. The number of aliphatic hydroxyl groups is 1. The molecule has 0 heterocycles. The zero-order valence-corrected chi connectivity index (χ0v) is 10.9. The van der Waals surface area contributed by atoms with Crippen LogP contribution in [0.4, 0.5) is 0 Å². The molecule has 1 atom stereocenters. The fourth-order valence-electron chi connectivity index (χ4n) is 1.44. The molecule has 104 valence electrons. The summed E-state index contributed by atoms with van der Waals surface area (Å²) in [5, 5.41) is 30.1. The molecule has 4 N–H and O–H groups in total. The van der Waals surface area contributed by atoms with Crippen molar-refractivity contribution in [1.82, 2.24) is 5.32 Å². The van der Waals surface area contributed by atoms with Gasteiger partial charge >= 0.3 is 5.97 Å². The maximum Gasteiger partial charge on any atom is 0.306 e. The number of amides is 1. The van der Waals surface area contributed by atoms with E-state index in [-0.39, 0.29) is 22.9 Å². The number of aromatic hydroxyl groups is 1. The normalized spacial score (nSPS) is 13.6. The second-order valence-electron chi connectivity index (χ2n) is 4.41. The van der Waals surface area contributed by atoms with Crippen LogP contribution in [0.1, 0.15) is 23.7 Å². The lowest BCUT2D eigenvalue weighted by Gasteiger charge is -2.21. The quantitative estimate of drug-likeness (QED) is 0.646. The molecule has 0 bridgehead atoms. The molecule has 0 aromatic heterocycles. The van der Waals surface area contributed by atoms with Gasteiger partial charge in [0.05, 0.1) is 22.6 Å². The van der Waals surface area contributed by atoms with E-state index < -0.39 is 23.9 Å². The summed E-state index contributed by atoms with van der Waals surface area (Å²) in [7, 11) is 0. The van der Waals surface area contributed by atoms with E-state index in [9.17, 15) is 19.8 Å². The molecule has 6 nitrogen and oxygen atoms in total. The molecule has 1 aromatic rings. The van der Waals surface area contributed by atoms with E-state index in [0.29, 0.717) is 0 Å². The number of benzene rings is 1. The minimum Gasteiger partial charge on any atom is -0.508 e. The second kappa shape index (κ2) is 5.90. The van der Waals surface area contributed by atoms with Crippen molar-refractivity contribution < 1.29 is 24.9 Å². The van der Waals surface area contributed by atoms with Crippen LogP contribution < -0.4 is 5.32 Å². The number of nitrogens with one attached hydrogen (secondary N) is 1. The summed E-state index contributed by atoms with van der Waals surface area (Å²) in [6.07, 6.45) is -0.499. The van der Waals surface area contributed by atoms with Crippen LogP contribution >= 0.6 is 11.6 Å². The highest BCUT2D eigenvalue weighted by atomic mass is 35.5. The van der Waals surface area contributed by atoms with E-state index in [4.69, 9.17) is 16.7 Å². The Hall–Kier alpha value is -1.79. The lowest BCUT2D eigenvalue weighted by atomic mass is 10.0. The maximum absolute atomic E-state index is 11.8. The summed E-state index contributed by atoms with van der Waals surface area (Å²) >= 11 is 5.80. The predicted molar refractivity (Wildman–Crippen MR) is 68.3 cm³/mol. The number of carbonyl (C=O) groups is 2. The minimum atomic E-state index is -1.56. The summed E-state index contributed by atoms with van der Waals surface area (Å²) in [4.78, 5) is 22.3. The Labute approximate surface area is 114 Å². The smallest absolute Gasteiger partial charge is 0.306 e. The number of aliphatic carboxylic acids is 1. The van der Waals surface area contributed by atoms with Gasteiger partial charge in [-0.25, -0.2) is 0 Å². The number of carboxylic acids is 1. The number of carbonyl (C=O) groups excluding carboxylic acids is 1. The van der Waals surface area contributed by atoms with E-state index in [1.807, 2.05) is 0 Å². The Morgan fingerprint density at radius 3 is 2.63 bits per heavy atom. The number of hydrogen-bond acceptors (Lipinski definition) is 4. The van der Waals surface area contributed by atoms with Gasteiger partial charge in [0, 0.05) is 6.54 Å². The van der Waals surface area contributed by atoms with Crippen LogP contribution in [0.25, 0.3) is 0 Å². The van der Waals surface area contributed by atoms with Crippen LogP contribution in [0.5, 0.6) is 5.75 Å². The van der Waals surface area contributed by atoms with Crippen molar-refractivity contribution >= 4 is 23.5 Å². The van der Waals surface area contributed by atoms with Crippen LogP contribution in [0.15, 0.2) is 18.2 Å². The van der Waals surface area contributed by atoms with Gasteiger partial charge in [-0.3, -0.25) is 9.59 Å². The van der Waals surface area contributed by atoms with Gasteiger partial charge in [0.1, 0.15) is 5.75 Å². The van der Waals surface area contributed by atoms with Crippen LogP contribution in [0.3, 0.4) is 0 Å². The SMILES string of the molecule is CC(O)(CNC(=O)c1cc(O)ccc1Cl)CC(=O)O. The molecule has 1 aromatic carbocycles. The zero-order chi connectivity index (χ0) is 14.6. The van der Waals surface area contributed by atoms with E-state index in [1.165, 1.54) is 25.1 Å². The third kappa shape index (κ3) is 4.76. The topological polar surface area (TPSA) is 107 Å². The molecule has 1 unspecified atom stereocenters. The van der Waals surface area contributed by atoms with Gasteiger partial charge in [-0.2, -0.15) is 0 Å². The van der Waals surface area contributed by atoms with Crippen molar-refractivity contribution in [3.8, 4) is 5.75 Å². The average molecular weight is 288 g/mol. The lowest BCUT2D eigenvalue weighted by Crippen LogP contribution is -2.42. The first-order chi connectivity index (χ1) is 8.71. The van der Waals surface area contributed by atoms with Crippen LogP contribution in [-0.4, -0.2) is 39.3 Å². The van der Waals surface area contributed by atoms with Crippen molar-refractivity contribution in [3.05, 3.63) is 28.8 Å². The fourth-order valence-corrected chi connectivity index (χ4v) is 1.64. The first-order valence-corrected chi connectivity index (χ1v) is 5.80. The standard InChI is InChI=1S/C12H14ClNO5/c1-12(19,5-10(16)17)6-14-11(18)8-4-7(15)2-3-9(8)13/h2-4,15,19H,5-6H2,1H3,(H,14,18)(H,16,17). The summed E-state index contributed by atoms with van der Waals surface area (Å²) in [6, 6.07) is 3.88.